The van der Waals surface area contributed by atoms with Crippen molar-refractivity contribution in [1.29, 1.82) is 0 Å². The molecular weight excluding hydrogens is 374 g/mol. The van der Waals surface area contributed by atoms with Crippen molar-refractivity contribution in [2.75, 3.05) is 12.8 Å². The molecule has 152 valence electrons. The number of nitrogens with zero attached hydrogens (tertiary/aromatic N) is 3. The highest BCUT2D eigenvalue weighted by molar-refractivity contribution is 6.13. The number of aliphatic imine (C=N–C) groups is 1. The molecule has 4 rings (SSSR count). The second kappa shape index (κ2) is 8.39. The summed E-state index contributed by atoms with van der Waals surface area (Å²) in [5, 5.41) is 11.2. The minimum Gasteiger partial charge on any atom is -0.494 e. The van der Waals surface area contributed by atoms with Gasteiger partial charge in [-0.05, 0) is 61.5 Å². The first-order valence-electron chi connectivity index (χ1n) is 9.82. The molecule has 6 heteroatoms. The molecule has 0 spiro atoms. The largest absolute Gasteiger partial charge is 0.494 e. The van der Waals surface area contributed by atoms with Crippen LogP contribution in [0.2, 0.25) is 0 Å². The molecule has 2 heterocycles. The Morgan fingerprint density at radius 3 is 2.60 bits per heavy atom. The van der Waals surface area contributed by atoms with Crippen LogP contribution in [0, 0.1) is 0 Å². The zero-order valence-corrected chi connectivity index (χ0v) is 17.1. The number of aromatic hydroxyl groups is 1. The first-order valence-corrected chi connectivity index (χ1v) is 9.82. The van der Waals surface area contributed by atoms with Crippen molar-refractivity contribution in [3.63, 3.8) is 0 Å². The number of pyridine rings is 1. The van der Waals surface area contributed by atoms with Crippen LogP contribution in [0.3, 0.4) is 0 Å². The number of fused-ring (bicyclic) bond motifs is 1. The summed E-state index contributed by atoms with van der Waals surface area (Å²) in [7, 11) is 2.09. The van der Waals surface area contributed by atoms with Crippen LogP contribution in [-0.2, 0) is 13.1 Å². The highest BCUT2D eigenvalue weighted by atomic mass is 16.3. The number of hydrogen-bond acceptors (Lipinski definition) is 5. The average Bonchev–Trinajstić information content (AvgIpc) is 3.05. The Bertz CT molecular complexity index is 1180. The topological polar surface area (TPSA) is 90.5 Å². The third kappa shape index (κ3) is 4.34. The van der Waals surface area contributed by atoms with E-state index in [1.165, 1.54) is 11.1 Å². The summed E-state index contributed by atoms with van der Waals surface area (Å²) in [6.07, 6.45) is 3.68. The van der Waals surface area contributed by atoms with Crippen LogP contribution in [-0.4, -0.2) is 32.7 Å². The summed E-state index contributed by atoms with van der Waals surface area (Å²) in [6.45, 7) is 3.57. The lowest BCUT2D eigenvalue weighted by molar-refractivity contribution is 0.318. The van der Waals surface area contributed by atoms with Gasteiger partial charge in [-0.2, -0.15) is 0 Å². The van der Waals surface area contributed by atoms with Gasteiger partial charge in [0.25, 0.3) is 0 Å². The summed E-state index contributed by atoms with van der Waals surface area (Å²) >= 11 is 0. The third-order valence-electron chi connectivity index (χ3n) is 5.03. The molecule has 0 radical (unpaired) electrons. The van der Waals surface area contributed by atoms with Crippen LogP contribution in [0.5, 0.6) is 5.88 Å². The summed E-state index contributed by atoms with van der Waals surface area (Å²) < 4.78 is 0. The van der Waals surface area contributed by atoms with Gasteiger partial charge in [0, 0.05) is 42.1 Å². The quantitative estimate of drug-likeness (QED) is 0.326. The van der Waals surface area contributed by atoms with Crippen LogP contribution in [0.15, 0.2) is 72.0 Å². The van der Waals surface area contributed by atoms with Crippen molar-refractivity contribution in [2.45, 2.75) is 20.0 Å². The smallest absolute Gasteiger partial charge is 0.198 e. The van der Waals surface area contributed by atoms with E-state index in [1.54, 1.807) is 12.3 Å². The molecule has 0 saturated carbocycles. The van der Waals surface area contributed by atoms with E-state index in [4.69, 9.17) is 10.7 Å². The lowest BCUT2D eigenvalue weighted by atomic mass is 10.1. The van der Waals surface area contributed by atoms with Crippen molar-refractivity contribution in [3.05, 3.63) is 83.7 Å². The van der Waals surface area contributed by atoms with Gasteiger partial charge in [-0.3, -0.25) is 14.9 Å². The van der Waals surface area contributed by atoms with Gasteiger partial charge in [-0.25, -0.2) is 0 Å². The second-order valence-electron chi connectivity index (χ2n) is 7.55. The average molecular weight is 399 g/mol. The van der Waals surface area contributed by atoms with Gasteiger partial charge in [0.05, 0.1) is 17.0 Å². The molecule has 4 N–H and O–H groups in total. The summed E-state index contributed by atoms with van der Waals surface area (Å²) in [4.78, 5) is 14.1. The molecule has 0 unspecified atom stereocenters. The fourth-order valence-corrected chi connectivity index (χ4v) is 3.66. The van der Waals surface area contributed by atoms with Crippen LogP contribution in [0.1, 0.15) is 23.6 Å². The summed E-state index contributed by atoms with van der Waals surface area (Å²) in [5.41, 5.74) is 12.0. The van der Waals surface area contributed by atoms with Crippen LogP contribution in [0.25, 0.3) is 10.9 Å². The summed E-state index contributed by atoms with van der Waals surface area (Å²) in [5.74, 6) is 0.102. The maximum Gasteiger partial charge on any atom is 0.198 e. The number of aromatic nitrogens is 2. The first-order chi connectivity index (χ1) is 14.5. The van der Waals surface area contributed by atoms with Gasteiger partial charge in [-0.15, -0.1) is 0 Å². The Morgan fingerprint density at radius 1 is 1.10 bits per heavy atom. The molecule has 4 aromatic rings. The fourth-order valence-electron chi connectivity index (χ4n) is 3.66. The van der Waals surface area contributed by atoms with Crippen LogP contribution >= 0.6 is 0 Å². The van der Waals surface area contributed by atoms with Crippen molar-refractivity contribution in [2.24, 2.45) is 4.99 Å². The lowest BCUT2D eigenvalue weighted by Crippen LogP contribution is -2.17. The molecular formula is C24H25N5O. The Balaban J connectivity index is 1.50. The molecule has 6 nitrogen and oxygen atoms in total. The number of nitrogen functional groups attached to an aromatic ring is 1. The molecule has 0 amide bonds. The SMILES string of the molecule is CC(=Nc1ccc(CN(C)Cc2cccnc2)cc1)c1c(O)[nH]c2ccc(N)cc12. The van der Waals surface area contributed by atoms with E-state index in [0.29, 0.717) is 11.3 Å². The van der Waals surface area contributed by atoms with Crippen LogP contribution < -0.4 is 5.73 Å². The Hall–Kier alpha value is -3.64. The number of benzene rings is 2. The van der Waals surface area contributed by atoms with E-state index in [1.807, 2.05) is 43.5 Å². The standard InChI is InChI=1S/C24H25N5O/c1-16(23-21-12-19(25)7-10-22(21)28-24(23)30)27-20-8-5-17(6-9-20)14-29(2)15-18-4-3-11-26-13-18/h3-13,28,30H,14-15,25H2,1-2H3. The fraction of sp³-hybridized carbons (Fsp3) is 0.167. The highest BCUT2D eigenvalue weighted by Crippen LogP contribution is 2.30. The first kappa shape index (κ1) is 19.7. The Morgan fingerprint density at radius 2 is 1.87 bits per heavy atom. The molecule has 0 saturated heterocycles. The minimum absolute atomic E-state index is 0.102. The maximum atomic E-state index is 10.4. The van der Waals surface area contributed by atoms with Gasteiger partial charge in [0.1, 0.15) is 0 Å². The number of hydrogen-bond donors (Lipinski definition) is 3. The maximum absolute atomic E-state index is 10.4. The molecule has 0 aliphatic heterocycles. The monoisotopic (exact) mass is 399 g/mol. The zero-order chi connectivity index (χ0) is 21.1. The molecule has 0 bridgehead atoms. The minimum atomic E-state index is 0.102. The number of rotatable bonds is 6. The van der Waals surface area contributed by atoms with Crippen molar-refractivity contribution in [1.82, 2.24) is 14.9 Å². The number of anilines is 1. The van der Waals surface area contributed by atoms with Gasteiger partial charge >= 0.3 is 0 Å². The van der Waals surface area contributed by atoms with Crippen LogP contribution in [0.4, 0.5) is 11.4 Å². The zero-order valence-electron chi connectivity index (χ0n) is 17.1. The number of nitrogens with two attached hydrogens (primary N) is 1. The van der Waals surface area contributed by atoms with Gasteiger partial charge in [0.2, 0.25) is 0 Å². The van der Waals surface area contributed by atoms with E-state index in [-0.39, 0.29) is 5.88 Å². The Labute approximate surface area is 175 Å². The summed E-state index contributed by atoms with van der Waals surface area (Å²) in [6, 6.07) is 17.7. The predicted octanol–water partition coefficient (Wildman–Crippen LogP) is 4.62. The van der Waals surface area contributed by atoms with E-state index in [9.17, 15) is 5.11 Å². The van der Waals surface area contributed by atoms with E-state index >= 15 is 0 Å². The van der Waals surface area contributed by atoms with E-state index in [2.05, 4.69) is 40.1 Å². The molecule has 0 fully saturated rings. The van der Waals surface area contributed by atoms with Crippen molar-refractivity contribution in [3.8, 4) is 5.88 Å². The van der Waals surface area contributed by atoms with Gasteiger partial charge in [0.15, 0.2) is 5.88 Å². The molecule has 2 aromatic heterocycles. The molecule has 0 atom stereocenters. The second-order valence-corrected chi connectivity index (χ2v) is 7.55. The Kier molecular flexibility index (Phi) is 5.50. The number of H-pyrrole nitrogens is 1. The molecule has 30 heavy (non-hydrogen) atoms. The third-order valence-corrected chi connectivity index (χ3v) is 5.03. The number of aromatic amines is 1. The predicted molar refractivity (Wildman–Crippen MR) is 122 cm³/mol. The molecule has 0 aliphatic rings. The highest BCUT2D eigenvalue weighted by Gasteiger charge is 2.14. The van der Waals surface area contributed by atoms with E-state index < -0.39 is 0 Å². The van der Waals surface area contributed by atoms with Gasteiger partial charge < -0.3 is 15.8 Å². The molecule has 0 aliphatic carbocycles. The normalized spacial score (nSPS) is 12.0. The molecule has 2 aromatic carbocycles. The van der Waals surface area contributed by atoms with Gasteiger partial charge in [-0.1, -0.05) is 18.2 Å². The van der Waals surface area contributed by atoms with Crippen molar-refractivity contribution >= 4 is 28.0 Å². The lowest BCUT2D eigenvalue weighted by Gasteiger charge is -2.16. The van der Waals surface area contributed by atoms with E-state index in [0.717, 1.165) is 35.4 Å². The van der Waals surface area contributed by atoms with Crippen molar-refractivity contribution < 1.29 is 5.11 Å². The number of nitrogens with one attached hydrogen (secondary N) is 1.